The number of aryl methyl sites for hydroxylation is 1. The number of pyridine rings is 1. The topological polar surface area (TPSA) is 75.5 Å². The van der Waals surface area contributed by atoms with Gasteiger partial charge in [0.05, 0.1) is 19.1 Å². The monoisotopic (exact) mass is 387 g/mol. The first kappa shape index (κ1) is 17.5. The molecule has 7 heteroatoms. The maximum absolute atomic E-state index is 13.5. The number of hydrogen-bond acceptors (Lipinski definition) is 4. The molecule has 4 heterocycles. The van der Waals surface area contributed by atoms with Gasteiger partial charge in [0.2, 0.25) is 0 Å². The number of ether oxygens (including phenoxy) is 1. The maximum Gasteiger partial charge on any atom is 0.274 e. The van der Waals surface area contributed by atoms with Crippen molar-refractivity contribution in [1.82, 2.24) is 24.3 Å². The van der Waals surface area contributed by atoms with Gasteiger partial charge in [-0.05, 0) is 36.2 Å². The van der Waals surface area contributed by atoms with Crippen LogP contribution in [0.2, 0.25) is 0 Å². The molecule has 1 amide bonds. The zero-order valence-corrected chi connectivity index (χ0v) is 16.3. The highest BCUT2D eigenvalue weighted by Crippen LogP contribution is 2.35. The molecule has 3 aromatic heterocycles. The molecular weight excluding hydrogens is 366 g/mol. The van der Waals surface area contributed by atoms with Crippen LogP contribution in [0.5, 0.6) is 5.75 Å². The summed E-state index contributed by atoms with van der Waals surface area (Å²) in [5.41, 5.74) is 5.22. The van der Waals surface area contributed by atoms with Gasteiger partial charge in [-0.15, -0.1) is 0 Å². The van der Waals surface area contributed by atoms with Crippen molar-refractivity contribution in [1.29, 1.82) is 0 Å². The molecule has 7 nitrogen and oxygen atoms in total. The molecule has 0 bridgehead atoms. The van der Waals surface area contributed by atoms with E-state index in [-0.39, 0.29) is 11.9 Å². The third kappa shape index (κ3) is 2.86. The van der Waals surface area contributed by atoms with Gasteiger partial charge in [-0.2, -0.15) is 0 Å². The van der Waals surface area contributed by atoms with Crippen molar-refractivity contribution in [3.8, 4) is 5.75 Å². The Hall–Kier alpha value is -3.61. The molecule has 0 fully saturated rings. The van der Waals surface area contributed by atoms with Crippen LogP contribution in [0.25, 0.3) is 5.65 Å². The Kier molecular flexibility index (Phi) is 4.08. The zero-order chi connectivity index (χ0) is 20.0. The van der Waals surface area contributed by atoms with E-state index in [0.717, 1.165) is 40.3 Å². The molecule has 29 heavy (non-hydrogen) atoms. The summed E-state index contributed by atoms with van der Waals surface area (Å²) in [4.78, 5) is 27.7. The number of aromatic nitrogens is 4. The number of carbonyl (C=O) groups excluding carboxylic acids is 1. The summed E-state index contributed by atoms with van der Waals surface area (Å²) in [6.07, 6.45) is 6.15. The number of benzene rings is 1. The summed E-state index contributed by atoms with van der Waals surface area (Å²) < 4.78 is 7.18. The van der Waals surface area contributed by atoms with E-state index in [1.54, 1.807) is 19.6 Å². The Morgan fingerprint density at radius 3 is 2.83 bits per heavy atom. The summed E-state index contributed by atoms with van der Waals surface area (Å²) >= 11 is 0. The van der Waals surface area contributed by atoms with Crippen LogP contribution in [-0.4, -0.2) is 43.8 Å². The number of nitrogens with zero attached hydrogens (tertiary/aromatic N) is 4. The lowest BCUT2D eigenvalue weighted by molar-refractivity contribution is 0.0685. The predicted octanol–water partition coefficient (Wildman–Crippen LogP) is 3.16. The van der Waals surface area contributed by atoms with Crippen LogP contribution in [-0.2, 0) is 6.42 Å². The highest BCUT2D eigenvalue weighted by Gasteiger charge is 2.35. The number of rotatable bonds is 3. The van der Waals surface area contributed by atoms with E-state index in [4.69, 9.17) is 4.74 Å². The van der Waals surface area contributed by atoms with E-state index in [9.17, 15) is 4.79 Å². The summed E-state index contributed by atoms with van der Waals surface area (Å²) in [6.45, 7) is 2.59. The van der Waals surface area contributed by atoms with Crippen molar-refractivity contribution in [3.05, 3.63) is 83.3 Å². The first-order valence-corrected chi connectivity index (χ1v) is 9.57. The smallest absolute Gasteiger partial charge is 0.274 e. The highest BCUT2D eigenvalue weighted by atomic mass is 16.5. The molecule has 1 N–H and O–H groups in total. The molecule has 1 aliphatic rings. The zero-order valence-electron chi connectivity index (χ0n) is 16.3. The van der Waals surface area contributed by atoms with Crippen LogP contribution in [0, 0.1) is 6.92 Å². The number of imidazole rings is 2. The van der Waals surface area contributed by atoms with E-state index in [1.165, 1.54) is 0 Å². The quantitative estimate of drug-likeness (QED) is 0.586. The van der Waals surface area contributed by atoms with E-state index < -0.39 is 0 Å². The third-order valence-corrected chi connectivity index (χ3v) is 5.51. The molecule has 0 saturated heterocycles. The normalized spacial score (nSPS) is 16.1. The SMILES string of the molecule is COc1ccc([C@H]2c3nc[nH]c3CCN2C(=O)c2cn3cccc(C)c3n2)cc1. The van der Waals surface area contributed by atoms with Crippen molar-refractivity contribution in [2.45, 2.75) is 19.4 Å². The Morgan fingerprint density at radius 1 is 1.24 bits per heavy atom. The molecule has 4 aromatic rings. The number of H-pyrrole nitrogens is 1. The minimum Gasteiger partial charge on any atom is -0.497 e. The fraction of sp³-hybridized carbons (Fsp3) is 0.227. The van der Waals surface area contributed by atoms with Crippen LogP contribution >= 0.6 is 0 Å². The molecule has 0 unspecified atom stereocenters. The second kappa shape index (κ2) is 6.77. The summed E-state index contributed by atoms with van der Waals surface area (Å²) in [6, 6.07) is 11.5. The van der Waals surface area contributed by atoms with Gasteiger partial charge in [0.1, 0.15) is 23.1 Å². The van der Waals surface area contributed by atoms with Gasteiger partial charge in [-0.3, -0.25) is 4.79 Å². The van der Waals surface area contributed by atoms with E-state index >= 15 is 0 Å². The van der Waals surface area contributed by atoms with E-state index in [1.807, 2.05) is 58.8 Å². The number of carbonyl (C=O) groups is 1. The van der Waals surface area contributed by atoms with Crippen molar-refractivity contribution in [3.63, 3.8) is 0 Å². The Morgan fingerprint density at radius 2 is 2.07 bits per heavy atom. The Labute approximate surface area is 168 Å². The van der Waals surface area contributed by atoms with Crippen LogP contribution in [0.4, 0.5) is 0 Å². The molecule has 0 aliphatic carbocycles. The predicted molar refractivity (Wildman–Crippen MR) is 108 cm³/mol. The Bertz CT molecular complexity index is 1190. The summed E-state index contributed by atoms with van der Waals surface area (Å²) in [5.74, 6) is 0.683. The van der Waals surface area contributed by atoms with Crippen molar-refractivity contribution >= 4 is 11.6 Å². The molecule has 0 spiro atoms. The molecule has 146 valence electrons. The molecular formula is C22H21N5O2. The van der Waals surface area contributed by atoms with Gasteiger partial charge in [0, 0.05) is 31.1 Å². The fourth-order valence-corrected chi connectivity index (χ4v) is 4.02. The highest BCUT2D eigenvalue weighted by molar-refractivity contribution is 5.93. The lowest BCUT2D eigenvalue weighted by Gasteiger charge is -2.35. The largest absolute Gasteiger partial charge is 0.497 e. The first-order chi connectivity index (χ1) is 14.2. The second-order valence-corrected chi connectivity index (χ2v) is 7.24. The van der Waals surface area contributed by atoms with Gasteiger partial charge < -0.3 is 19.0 Å². The van der Waals surface area contributed by atoms with Crippen LogP contribution < -0.4 is 4.74 Å². The minimum atomic E-state index is -0.269. The Balaban J connectivity index is 1.57. The van der Waals surface area contributed by atoms with Crippen molar-refractivity contribution in [2.24, 2.45) is 0 Å². The van der Waals surface area contributed by atoms with Gasteiger partial charge in [-0.1, -0.05) is 18.2 Å². The van der Waals surface area contributed by atoms with E-state index in [0.29, 0.717) is 12.2 Å². The molecule has 0 radical (unpaired) electrons. The van der Waals surface area contributed by atoms with Gasteiger partial charge in [0.15, 0.2) is 0 Å². The van der Waals surface area contributed by atoms with Crippen LogP contribution in [0.3, 0.4) is 0 Å². The molecule has 0 saturated carbocycles. The van der Waals surface area contributed by atoms with Gasteiger partial charge >= 0.3 is 0 Å². The fourth-order valence-electron chi connectivity index (χ4n) is 4.02. The van der Waals surface area contributed by atoms with Crippen LogP contribution in [0.1, 0.15) is 39.0 Å². The number of nitrogens with one attached hydrogen (secondary N) is 1. The average Bonchev–Trinajstić information content (AvgIpc) is 3.40. The minimum absolute atomic E-state index is 0.0948. The summed E-state index contributed by atoms with van der Waals surface area (Å²) in [5, 5.41) is 0. The number of fused-ring (bicyclic) bond motifs is 2. The van der Waals surface area contributed by atoms with Crippen LogP contribution in [0.15, 0.2) is 55.1 Å². The molecule has 1 aliphatic heterocycles. The number of methoxy groups -OCH3 is 1. The van der Waals surface area contributed by atoms with Gasteiger partial charge in [-0.25, -0.2) is 9.97 Å². The van der Waals surface area contributed by atoms with E-state index in [2.05, 4.69) is 15.0 Å². The number of hydrogen-bond donors (Lipinski definition) is 1. The molecule has 1 aromatic carbocycles. The second-order valence-electron chi connectivity index (χ2n) is 7.24. The van der Waals surface area contributed by atoms with Crippen molar-refractivity contribution in [2.75, 3.05) is 13.7 Å². The average molecular weight is 387 g/mol. The lowest BCUT2D eigenvalue weighted by Crippen LogP contribution is -2.41. The summed E-state index contributed by atoms with van der Waals surface area (Å²) in [7, 11) is 1.64. The molecule has 1 atom stereocenters. The lowest BCUT2D eigenvalue weighted by atomic mass is 9.95. The maximum atomic E-state index is 13.5. The molecule has 5 rings (SSSR count). The standard InChI is InChI=1S/C22H21N5O2/c1-14-4-3-10-26-12-18(25-21(14)26)22(28)27-11-9-17-19(24-13-23-17)20(27)15-5-7-16(29-2)8-6-15/h3-8,10,12-13,20H,9,11H2,1-2H3,(H,23,24)/t20-/m0/s1. The number of aromatic amines is 1. The third-order valence-electron chi connectivity index (χ3n) is 5.51. The van der Waals surface area contributed by atoms with Crippen molar-refractivity contribution < 1.29 is 9.53 Å². The first-order valence-electron chi connectivity index (χ1n) is 9.57. The number of amides is 1. The van der Waals surface area contributed by atoms with Gasteiger partial charge in [0.25, 0.3) is 5.91 Å².